The Hall–Kier alpha value is -5.21. The van der Waals surface area contributed by atoms with Gasteiger partial charge in [0.25, 0.3) is 0 Å². The van der Waals surface area contributed by atoms with E-state index >= 15 is 0 Å². The minimum atomic E-state index is -0.272. The molecule has 5 heteroatoms. The van der Waals surface area contributed by atoms with Crippen molar-refractivity contribution in [2.24, 2.45) is 0 Å². The summed E-state index contributed by atoms with van der Waals surface area (Å²) in [6, 6.07) is 34.5. The highest BCUT2D eigenvalue weighted by molar-refractivity contribution is 5.96. The Bertz CT molecular complexity index is 2050. The number of aromatic nitrogens is 3. The molecular weight excluding hydrogens is 540 g/mol. The normalized spacial score (nSPS) is 11.9. The molecule has 0 atom stereocenters. The van der Waals surface area contributed by atoms with Gasteiger partial charge in [-0.15, -0.1) is 0 Å². The Labute approximate surface area is 259 Å². The number of fused-ring (bicyclic) bond motifs is 1. The Balaban J connectivity index is 1.64. The number of hydrogen-bond donors (Lipinski definition) is 1. The second-order valence-corrected chi connectivity index (χ2v) is 13.3. The Morgan fingerprint density at radius 2 is 1.45 bits per heavy atom. The lowest BCUT2D eigenvalue weighted by Crippen LogP contribution is -2.17. The molecule has 0 aliphatic carbocycles. The minimum absolute atomic E-state index is 0.130. The average molecular weight is 577 g/mol. The van der Waals surface area contributed by atoms with Gasteiger partial charge >= 0.3 is 0 Å². The lowest BCUT2D eigenvalue weighted by atomic mass is 9.79. The molecule has 0 bridgehead atoms. The van der Waals surface area contributed by atoms with Gasteiger partial charge in [0.2, 0.25) is 0 Å². The van der Waals surface area contributed by atoms with Crippen molar-refractivity contribution in [3.8, 4) is 51.3 Å². The zero-order valence-corrected chi connectivity index (χ0v) is 26.1. The maximum Gasteiger partial charge on any atom is 0.149 e. The fourth-order valence-corrected chi connectivity index (χ4v) is 5.66. The molecule has 5 nitrogen and oxygen atoms in total. The summed E-state index contributed by atoms with van der Waals surface area (Å²) in [6.45, 7) is 13.0. The van der Waals surface area contributed by atoms with Crippen LogP contribution in [0, 0.1) is 11.3 Å². The maximum atomic E-state index is 11.9. The quantitative estimate of drug-likeness (QED) is 0.227. The molecule has 4 aromatic carbocycles. The monoisotopic (exact) mass is 576 g/mol. The third kappa shape index (κ3) is 5.24. The van der Waals surface area contributed by atoms with E-state index in [1.54, 1.807) is 18.3 Å². The van der Waals surface area contributed by atoms with E-state index in [2.05, 4.69) is 112 Å². The summed E-state index contributed by atoms with van der Waals surface area (Å²) in [6.07, 6.45) is 1.67. The average Bonchev–Trinajstić information content (AvgIpc) is 3.40. The van der Waals surface area contributed by atoms with Crippen LogP contribution in [0.4, 0.5) is 0 Å². The van der Waals surface area contributed by atoms with Crippen molar-refractivity contribution >= 4 is 11.0 Å². The number of phenols is 1. The van der Waals surface area contributed by atoms with Crippen molar-refractivity contribution in [1.29, 1.82) is 5.26 Å². The topological polar surface area (TPSA) is 74.7 Å². The highest BCUT2D eigenvalue weighted by Gasteiger charge is 2.28. The molecule has 0 aliphatic heterocycles. The molecule has 0 aliphatic rings. The van der Waals surface area contributed by atoms with E-state index in [1.165, 1.54) is 0 Å². The number of rotatable bonds is 4. The Morgan fingerprint density at radius 1 is 0.727 bits per heavy atom. The van der Waals surface area contributed by atoms with Crippen molar-refractivity contribution in [2.75, 3.05) is 0 Å². The Kier molecular flexibility index (Phi) is 7.10. The van der Waals surface area contributed by atoms with Crippen molar-refractivity contribution < 1.29 is 5.11 Å². The van der Waals surface area contributed by atoms with E-state index in [0.717, 1.165) is 50.2 Å². The largest absolute Gasteiger partial charge is 0.507 e. The van der Waals surface area contributed by atoms with E-state index in [9.17, 15) is 10.4 Å². The van der Waals surface area contributed by atoms with Crippen LogP contribution < -0.4 is 0 Å². The summed E-state index contributed by atoms with van der Waals surface area (Å²) >= 11 is 0. The number of nitrogens with zero attached hydrogens (tertiary/aromatic N) is 4. The van der Waals surface area contributed by atoms with Crippen molar-refractivity contribution in [3.63, 3.8) is 0 Å². The minimum Gasteiger partial charge on any atom is -0.507 e. The smallest absolute Gasteiger partial charge is 0.149 e. The number of aromatic hydroxyl groups is 1. The summed E-state index contributed by atoms with van der Waals surface area (Å²) in [4.78, 5) is 9.84. The SMILES string of the molecule is CC(C)(C)c1cc(-c2nc3c(-c4cccc(-c5cc(C#N)ccn5)c4)cccc3n2-c2ccccc2)c(O)c(C(C)(C)C)c1. The predicted molar refractivity (Wildman–Crippen MR) is 179 cm³/mol. The van der Waals surface area contributed by atoms with Gasteiger partial charge in [0.15, 0.2) is 0 Å². The number of para-hydroxylation sites is 2. The highest BCUT2D eigenvalue weighted by Crippen LogP contribution is 2.44. The Morgan fingerprint density at radius 3 is 2.16 bits per heavy atom. The zero-order chi connectivity index (χ0) is 31.2. The molecule has 6 aromatic rings. The van der Waals surface area contributed by atoms with Crippen LogP contribution in [0.5, 0.6) is 5.75 Å². The number of benzene rings is 4. The lowest BCUT2D eigenvalue weighted by Gasteiger charge is -2.27. The first-order valence-electron chi connectivity index (χ1n) is 14.9. The highest BCUT2D eigenvalue weighted by atomic mass is 16.3. The summed E-state index contributed by atoms with van der Waals surface area (Å²) in [5, 5.41) is 21.3. The first kappa shape index (κ1) is 28.9. The van der Waals surface area contributed by atoms with Crippen LogP contribution in [0.1, 0.15) is 58.2 Å². The number of nitriles is 1. The van der Waals surface area contributed by atoms with Gasteiger partial charge in [0, 0.05) is 28.6 Å². The molecule has 0 fully saturated rings. The fraction of sp³-hybridized carbons (Fsp3) is 0.205. The van der Waals surface area contributed by atoms with Crippen LogP contribution in [0.2, 0.25) is 0 Å². The fourth-order valence-electron chi connectivity index (χ4n) is 5.66. The van der Waals surface area contributed by atoms with E-state index in [1.807, 2.05) is 30.3 Å². The van der Waals surface area contributed by atoms with E-state index in [-0.39, 0.29) is 16.6 Å². The van der Waals surface area contributed by atoms with Gasteiger partial charge in [-0.2, -0.15) is 5.26 Å². The number of pyridine rings is 1. The standard InChI is InChI=1S/C39H36N4O/c1-38(2,3)28-22-31(36(44)32(23-28)39(4,5)6)37-42-35-30(16-11-17-34(35)43(37)29-14-8-7-9-15-29)26-12-10-13-27(21-26)33-20-25(24-40)18-19-41-33/h7-23,44H,1-6H3. The van der Waals surface area contributed by atoms with Crippen LogP contribution in [-0.4, -0.2) is 19.6 Å². The molecule has 0 saturated carbocycles. The third-order valence-corrected chi connectivity index (χ3v) is 8.08. The molecule has 1 N–H and O–H groups in total. The summed E-state index contributed by atoms with van der Waals surface area (Å²) in [7, 11) is 0. The number of imidazole rings is 1. The first-order chi connectivity index (χ1) is 21.0. The molecule has 0 saturated heterocycles. The number of hydrogen-bond acceptors (Lipinski definition) is 4. The van der Waals surface area contributed by atoms with Gasteiger partial charge < -0.3 is 5.11 Å². The van der Waals surface area contributed by atoms with Gasteiger partial charge in [0.1, 0.15) is 11.6 Å². The molecule has 0 spiro atoms. The maximum absolute atomic E-state index is 11.9. The van der Waals surface area contributed by atoms with Crippen LogP contribution in [0.25, 0.3) is 50.5 Å². The number of phenolic OH excluding ortho intramolecular Hbond substituents is 1. The molecule has 0 amide bonds. The third-order valence-electron chi connectivity index (χ3n) is 8.08. The van der Waals surface area contributed by atoms with Gasteiger partial charge in [-0.1, -0.05) is 96.1 Å². The van der Waals surface area contributed by atoms with E-state index in [0.29, 0.717) is 17.0 Å². The van der Waals surface area contributed by atoms with Gasteiger partial charge in [-0.25, -0.2) is 4.98 Å². The molecule has 0 radical (unpaired) electrons. The van der Waals surface area contributed by atoms with Crippen molar-refractivity contribution in [3.05, 3.63) is 120 Å². The van der Waals surface area contributed by atoms with Crippen LogP contribution >= 0.6 is 0 Å². The van der Waals surface area contributed by atoms with Gasteiger partial charge in [0.05, 0.1) is 33.9 Å². The molecule has 2 heterocycles. The van der Waals surface area contributed by atoms with E-state index in [4.69, 9.17) is 4.98 Å². The van der Waals surface area contributed by atoms with Crippen LogP contribution in [0.15, 0.2) is 103 Å². The summed E-state index contributed by atoms with van der Waals surface area (Å²) < 4.78 is 2.15. The lowest BCUT2D eigenvalue weighted by molar-refractivity contribution is 0.446. The zero-order valence-electron chi connectivity index (χ0n) is 26.1. The van der Waals surface area contributed by atoms with E-state index < -0.39 is 0 Å². The second kappa shape index (κ2) is 10.8. The predicted octanol–water partition coefficient (Wildman–Crippen LogP) is 9.59. The molecule has 2 aromatic heterocycles. The van der Waals surface area contributed by atoms with Crippen molar-refractivity contribution in [2.45, 2.75) is 52.4 Å². The van der Waals surface area contributed by atoms with Crippen LogP contribution in [-0.2, 0) is 10.8 Å². The molecule has 0 unspecified atom stereocenters. The summed E-state index contributed by atoms with van der Waals surface area (Å²) in [5.74, 6) is 0.942. The van der Waals surface area contributed by atoms with Gasteiger partial charge in [-0.3, -0.25) is 9.55 Å². The molecular formula is C39H36N4O. The first-order valence-corrected chi connectivity index (χ1v) is 14.9. The van der Waals surface area contributed by atoms with Crippen LogP contribution in [0.3, 0.4) is 0 Å². The summed E-state index contributed by atoms with van der Waals surface area (Å²) in [5.41, 5.74) is 9.28. The molecule has 218 valence electrons. The molecule has 44 heavy (non-hydrogen) atoms. The van der Waals surface area contributed by atoms with Crippen molar-refractivity contribution in [1.82, 2.24) is 14.5 Å². The molecule has 6 rings (SSSR count). The second-order valence-electron chi connectivity index (χ2n) is 13.3. The van der Waals surface area contributed by atoms with Gasteiger partial charge in [-0.05, 0) is 64.4 Å².